The maximum absolute atomic E-state index is 13.3. The summed E-state index contributed by atoms with van der Waals surface area (Å²) in [5, 5.41) is 14.5. The van der Waals surface area contributed by atoms with E-state index in [9.17, 15) is 19.2 Å². The topological polar surface area (TPSA) is 180 Å². The van der Waals surface area contributed by atoms with E-state index in [-0.39, 0.29) is 34.6 Å². The molecule has 0 aliphatic carbocycles. The standard InChI is InChI=1S/C26H36N6O6/c1-6-10-29-23(33)18-9-8-15(3)20(12-18)32(26(36)38-14-37-25(35)17(5)27)22(28)21-16(4)19(13-31-21)24(34)30-11-7-2/h8-9,12-13,17,28,31H,6-7,10-11,14,27H2,1-5H3,(H,29,33)(H,30,34). The molecular formula is C26H36N6O6. The summed E-state index contributed by atoms with van der Waals surface area (Å²) in [4.78, 5) is 53.9. The average molecular weight is 529 g/mol. The van der Waals surface area contributed by atoms with Gasteiger partial charge in [-0.25, -0.2) is 9.69 Å². The second-order valence-corrected chi connectivity index (χ2v) is 8.68. The van der Waals surface area contributed by atoms with E-state index in [1.165, 1.54) is 19.2 Å². The van der Waals surface area contributed by atoms with Gasteiger partial charge in [0.15, 0.2) is 5.84 Å². The molecule has 1 atom stereocenters. The van der Waals surface area contributed by atoms with E-state index in [0.29, 0.717) is 29.8 Å². The van der Waals surface area contributed by atoms with Crippen molar-refractivity contribution in [1.29, 1.82) is 5.41 Å². The number of rotatable bonds is 11. The minimum atomic E-state index is -1.03. The highest BCUT2D eigenvalue weighted by molar-refractivity contribution is 6.21. The zero-order chi connectivity index (χ0) is 28.4. The monoisotopic (exact) mass is 528 g/mol. The number of amides is 3. The van der Waals surface area contributed by atoms with Crippen molar-refractivity contribution >= 4 is 35.4 Å². The lowest BCUT2D eigenvalue weighted by Crippen LogP contribution is -2.40. The first-order valence-electron chi connectivity index (χ1n) is 12.4. The predicted molar refractivity (Wildman–Crippen MR) is 142 cm³/mol. The normalized spacial score (nSPS) is 11.3. The molecule has 12 nitrogen and oxygen atoms in total. The zero-order valence-electron chi connectivity index (χ0n) is 22.4. The van der Waals surface area contributed by atoms with Crippen LogP contribution in [0.2, 0.25) is 0 Å². The number of benzene rings is 1. The Morgan fingerprint density at radius 3 is 2.29 bits per heavy atom. The first kappa shape index (κ1) is 30.0. The molecule has 0 radical (unpaired) electrons. The summed E-state index contributed by atoms with van der Waals surface area (Å²) in [6.45, 7) is 8.86. The number of aromatic amines is 1. The number of hydrogen-bond donors (Lipinski definition) is 5. The molecule has 1 aromatic carbocycles. The molecule has 2 rings (SSSR count). The number of carbonyl (C=O) groups is 4. The number of nitrogens with zero attached hydrogens (tertiary/aromatic N) is 1. The van der Waals surface area contributed by atoms with Crippen LogP contribution in [0.4, 0.5) is 10.5 Å². The van der Waals surface area contributed by atoms with Gasteiger partial charge in [0.1, 0.15) is 6.04 Å². The van der Waals surface area contributed by atoms with Crippen molar-refractivity contribution in [2.24, 2.45) is 5.73 Å². The number of ether oxygens (including phenoxy) is 2. The van der Waals surface area contributed by atoms with Crippen molar-refractivity contribution < 1.29 is 28.7 Å². The zero-order valence-corrected chi connectivity index (χ0v) is 22.4. The molecule has 1 heterocycles. The van der Waals surface area contributed by atoms with E-state index in [0.717, 1.165) is 17.7 Å². The Morgan fingerprint density at radius 2 is 1.68 bits per heavy atom. The molecule has 0 aliphatic heterocycles. The first-order chi connectivity index (χ1) is 18.0. The van der Waals surface area contributed by atoms with Crippen LogP contribution in [0, 0.1) is 19.3 Å². The lowest BCUT2D eigenvalue weighted by Gasteiger charge is -2.25. The van der Waals surface area contributed by atoms with Gasteiger partial charge >= 0.3 is 12.1 Å². The molecule has 3 amide bonds. The maximum atomic E-state index is 13.3. The molecule has 0 aliphatic rings. The van der Waals surface area contributed by atoms with Crippen LogP contribution in [0.1, 0.15) is 71.1 Å². The summed E-state index contributed by atoms with van der Waals surface area (Å²) < 4.78 is 9.99. The Kier molecular flexibility index (Phi) is 11.0. The molecule has 0 fully saturated rings. The Hall–Kier alpha value is -4.19. The van der Waals surface area contributed by atoms with Gasteiger partial charge in [-0.05, 0) is 56.9 Å². The van der Waals surface area contributed by atoms with E-state index >= 15 is 0 Å². The van der Waals surface area contributed by atoms with Crippen LogP contribution in [-0.4, -0.2) is 60.6 Å². The van der Waals surface area contributed by atoms with Crippen LogP contribution in [0.25, 0.3) is 0 Å². The summed E-state index contributed by atoms with van der Waals surface area (Å²) in [7, 11) is 0. The number of aryl methyl sites for hydroxylation is 1. The predicted octanol–water partition coefficient (Wildman–Crippen LogP) is 2.73. The third-order valence-corrected chi connectivity index (χ3v) is 5.57. The highest BCUT2D eigenvalue weighted by atomic mass is 16.7. The van der Waals surface area contributed by atoms with Crippen LogP contribution in [0.5, 0.6) is 0 Å². The molecule has 0 saturated carbocycles. The lowest BCUT2D eigenvalue weighted by molar-refractivity contribution is -0.152. The highest BCUT2D eigenvalue weighted by Gasteiger charge is 2.29. The number of nitrogens with one attached hydrogen (secondary N) is 4. The summed E-state index contributed by atoms with van der Waals surface area (Å²) in [5.74, 6) is -1.77. The third-order valence-electron chi connectivity index (χ3n) is 5.57. The van der Waals surface area contributed by atoms with Gasteiger partial charge in [-0.3, -0.25) is 19.8 Å². The van der Waals surface area contributed by atoms with Gasteiger partial charge in [0, 0.05) is 24.8 Å². The number of aromatic nitrogens is 1. The molecule has 6 N–H and O–H groups in total. The van der Waals surface area contributed by atoms with Gasteiger partial charge in [-0.15, -0.1) is 0 Å². The molecule has 0 spiro atoms. The van der Waals surface area contributed by atoms with Gasteiger partial charge in [0.2, 0.25) is 6.79 Å². The molecule has 0 bridgehead atoms. The summed E-state index contributed by atoms with van der Waals surface area (Å²) in [6, 6.07) is 3.81. The van der Waals surface area contributed by atoms with Crippen LogP contribution >= 0.6 is 0 Å². The summed E-state index contributed by atoms with van der Waals surface area (Å²) in [6.07, 6.45) is 1.92. The van der Waals surface area contributed by atoms with E-state index in [1.807, 2.05) is 13.8 Å². The van der Waals surface area contributed by atoms with E-state index in [2.05, 4.69) is 15.6 Å². The molecular weight excluding hydrogens is 492 g/mol. The summed E-state index contributed by atoms with van der Waals surface area (Å²) >= 11 is 0. The van der Waals surface area contributed by atoms with Crippen LogP contribution in [-0.2, 0) is 14.3 Å². The van der Waals surface area contributed by atoms with Crippen LogP contribution in [0.15, 0.2) is 24.4 Å². The average Bonchev–Trinajstić information content (AvgIpc) is 3.27. The van der Waals surface area contributed by atoms with Crippen molar-refractivity contribution in [2.45, 2.75) is 53.5 Å². The quantitative estimate of drug-likeness (QED) is 0.129. The number of anilines is 1. The Bertz CT molecular complexity index is 1190. The van der Waals surface area contributed by atoms with Gasteiger partial charge < -0.3 is 30.8 Å². The van der Waals surface area contributed by atoms with E-state index < -0.39 is 24.9 Å². The number of esters is 1. The first-order valence-corrected chi connectivity index (χ1v) is 12.4. The fourth-order valence-electron chi connectivity index (χ4n) is 3.40. The number of hydrogen-bond acceptors (Lipinski definition) is 8. The Labute approximate surface area is 221 Å². The smallest absolute Gasteiger partial charge is 0.423 e. The van der Waals surface area contributed by atoms with Gasteiger partial charge in [0.05, 0.1) is 16.9 Å². The Balaban J connectivity index is 2.48. The number of carbonyl (C=O) groups excluding carboxylic acids is 4. The largest absolute Gasteiger partial charge is 0.427 e. The molecule has 12 heteroatoms. The molecule has 0 saturated heterocycles. The van der Waals surface area contributed by atoms with Crippen molar-refractivity contribution in [2.75, 3.05) is 24.8 Å². The molecule has 1 aromatic heterocycles. The van der Waals surface area contributed by atoms with Crippen molar-refractivity contribution in [1.82, 2.24) is 15.6 Å². The Morgan fingerprint density at radius 1 is 1.05 bits per heavy atom. The van der Waals surface area contributed by atoms with Crippen molar-refractivity contribution in [3.8, 4) is 0 Å². The number of amidine groups is 1. The minimum Gasteiger partial charge on any atom is -0.427 e. The van der Waals surface area contributed by atoms with Crippen LogP contribution < -0.4 is 21.3 Å². The second kappa shape index (κ2) is 13.9. The third kappa shape index (κ3) is 7.42. The van der Waals surface area contributed by atoms with Gasteiger partial charge in [-0.2, -0.15) is 0 Å². The van der Waals surface area contributed by atoms with Crippen molar-refractivity contribution in [3.05, 3.63) is 52.3 Å². The van der Waals surface area contributed by atoms with Crippen molar-refractivity contribution in [3.63, 3.8) is 0 Å². The minimum absolute atomic E-state index is 0.191. The molecule has 1 unspecified atom stereocenters. The molecule has 206 valence electrons. The SMILES string of the molecule is CCCNC(=O)c1ccc(C)c(N(C(=N)c2[nH]cc(C(=O)NCCC)c2C)C(=O)OCOC(=O)C(C)N)c1. The van der Waals surface area contributed by atoms with E-state index in [1.54, 1.807) is 26.0 Å². The highest BCUT2D eigenvalue weighted by Crippen LogP contribution is 2.26. The molecule has 38 heavy (non-hydrogen) atoms. The van der Waals surface area contributed by atoms with Gasteiger partial charge in [0.25, 0.3) is 11.8 Å². The van der Waals surface area contributed by atoms with Gasteiger partial charge in [-0.1, -0.05) is 19.9 Å². The number of H-pyrrole nitrogens is 1. The van der Waals surface area contributed by atoms with Crippen LogP contribution in [0.3, 0.4) is 0 Å². The number of nitrogens with two attached hydrogens (primary N) is 1. The molecule has 2 aromatic rings. The second-order valence-electron chi connectivity index (χ2n) is 8.68. The lowest BCUT2D eigenvalue weighted by atomic mass is 10.1. The van der Waals surface area contributed by atoms with E-state index in [4.69, 9.17) is 20.6 Å². The fraction of sp³-hybridized carbons (Fsp3) is 0.423. The fourth-order valence-corrected chi connectivity index (χ4v) is 3.40. The maximum Gasteiger partial charge on any atom is 0.423 e. The summed E-state index contributed by atoms with van der Waals surface area (Å²) in [5.41, 5.74) is 7.47.